The molecule has 9 nitrogen and oxygen atoms in total. The Morgan fingerprint density at radius 2 is 1.13 bits per heavy atom. The first kappa shape index (κ1) is 26.3. The Morgan fingerprint density at radius 1 is 0.677 bits per heavy atom. The van der Waals surface area contributed by atoms with Gasteiger partial charge in [-0.1, -0.05) is 12.8 Å². The number of amides is 5. The molecule has 174 valence electrons. The van der Waals surface area contributed by atoms with Gasteiger partial charge in [-0.2, -0.15) is 0 Å². The standard InChI is InChI=1S/C22H36N4O5/c1-2-23-18(27)10-5-3-7-15-24-19(28)11-6-4-8-16-25-20(29)12-9-17-26-21(30)13-14-22(26)31/h13-14H,2-12,15-17H2,1H3,(H,23,27)(H,24,28)(H,25,29). The molecule has 0 aromatic rings. The maximum atomic E-state index is 11.8. The molecule has 3 N–H and O–H groups in total. The SMILES string of the molecule is CCNC(=O)CCCCCNC(=O)CCCCCNC(=O)CCCN1C(=O)C=CC1=O. The van der Waals surface area contributed by atoms with E-state index in [1.165, 1.54) is 12.2 Å². The molecule has 1 aliphatic rings. The molecule has 0 aromatic carbocycles. The van der Waals surface area contributed by atoms with Gasteiger partial charge >= 0.3 is 0 Å². The molecule has 1 rings (SSSR count). The van der Waals surface area contributed by atoms with Crippen molar-refractivity contribution in [2.45, 2.75) is 71.1 Å². The summed E-state index contributed by atoms with van der Waals surface area (Å²) in [7, 11) is 0. The second-order valence-electron chi connectivity index (χ2n) is 7.54. The number of nitrogens with zero attached hydrogens (tertiary/aromatic N) is 1. The molecule has 0 aromatic heterocycles. The minimum atomic E-state index is -0.328. The lowest BCUT2D eigenvalue weighted by Crippen LogP contribution is -2.32. The second-order valence-corrected chi connectivity index (χ2v) is 7.54. The lowest BCUT2D eigenvalue weighted by atomic mass is 10.1. The van der Waals surface area contributed by atoms with Gasteiger partial charge < -0.3 is 16.0 Å². The van der Waals surface area contributed by atoms with E-state index in [0.717, 1.165) is 43.4 Å². The zero-order valence-corrected chi connectivity index (χ0v) is 18.5. The van der Waals surface area contributed by atoms with Crippen molar-refractivity contribution in [3.63, 3.8) is 0 Å². The van der Waals surface area contributed by atoms with Crippen molar-refractivity contribution in [2.24, 2.45) is 0 Å². The van der Waals surface area contributed by atoms with E-state index in [2.05, 4.69) is 16.0 Å². The largest absolute Gasteiger partial charge is 0.356 e. The van der Waals surface area contributed by atoms with Crippen molar-refractivity contribution in [1.29, 1.82) is 0 Å². The van der Waals surface area contributed by atoms with Gasteiger partial charge in [0, 0.05) is 57.6 Å². The van der Waals surface area contributed by atoms with E-state index in [9.17, 15) is 24.0 Å². The Bertz CT molecular complexity index is 630. The predicted molar refractivity (Wildman–Crippen MR) is 117 cm³/mol. The zero-order chi connectivity index (χ0) is 22.9. The van der Waals surface area contributed by atoms with Crippen molar-refractivity contribution in [1.82, 2.24) is 20.9 Å². The number of carbonyl (C=O) groups is 5. The van der Waals surface area contributed by atoms with Crippen molar-refractivity contribution < 1.29 is 24.0 Å². The summed E-state index contributed by atoms with van der Waals surface area (Å²) >= 11 is 0. The molecule has 5 amide bonds. The van der Waals surface area contributed by atoms with E-state index in [-0.39, 0.29) is 42.5 Å². The molecule has 0 saturated carbocycles. The van der Waals surface area contributed by atoms with Crippen LogP contribution < -0.4 is 16.0 Å². The molecule has 0 fully saturated rings. The monoisotopic (exact) mass is 436 g/mol. The fourth-order valence-corrected chi connectivity index (χ4v) is 3.14. The summed E-state index contributed by atoms with van der Waals surface area (Å²) in [6.07, 6.45) is 9.22. The average molecular weight is 437 g/mol. The highest BCUT2D eigenvalue weighted by molar-refractivity contribution is 6.12. The number of nitrogens with one attached hydrogen (secondary N) is 3. The molecule has 0 saturated heterocycles. The summed E-state index contributed by atoms with van der Waals surface area (Å²) < 4.78 is 0. The Labute approximate surface area is 184 Å². The zero-order valence-electron chi connectivity index (χ0n) is 18.5. The van der Waals surface area contributed by atoms with Gasteiger partial charge in [0.15, 0.2) is 0 Å². The van der Waals surface area contributed by atoms with Crippen LogP contribution in [0.15, 0.2) is 12.2 Å². The van der Waals surface area contributed by atoms with Crippen LogP contribution >= 0.6 is 0 Å². The van der Waals surface area contributed by atoms with Gasteiger partial charge in [0.05, 0.1) is 0 Å². The van der Waals surface area contributed by atoms with Gasteiger partial charge in [-0.15, -0.1) is 0 Å². The minimum absolute atomic E-state index is 0.0354. The van der Waals surface area contributed by atoms with Crippen molar-refractivity contribution in [3.05, 3.63) is 12.2 Å². The van der Waals surface area contributed by atoms with Gasteiger partial charge in [-0.05, 0) is 39.0 Å². The van der Waals surface area contributed by atoms with Crippen LogP contribution in [0.3, 0.4) is 0 Å². The molecule has 0 unspecified atom stereocenters. The molecule has 1 heterocycles. The number of hydrogen-bond donors (Lipinski definition) is 3. The number of hydrogen-bond acceptors (Lipinski definition) is 5. The van der Waals surface area contributed by atoms with E-state index in [4.69, 9.17) is 0 Å². The quantitative estimate of drug-likeness (QED) is 0.233. The first-order valence-electron chi connectivity index (χ1n) is 11.3. The topological polar surface area (TPSA) is 125 Å². The molecule has 0 aliphatic carbocycles. The summed E-state index contributed by atoms with van der Waals surface area (Å²) in [5.74, 6) is -0.641. The Balaban J connectivity index is 1.89. The van der Waals surface area contributed by atoms with Crippen molar-refractivity contribution in [2.75, 3.05) is 26.2 Å². The first-order valence-corrected chi connectivity index (χ1v) is 11.3. The molecular weight excluding hydrogens is 400 g/mol. The first-order chi connectivity index (χ1) is 14.9. The van der Waals surface area contributed by atoms with Crippen molar-refractivity contribution >= 4 is 29.5 Å². The van der Waals surface area contributed by atoms with Gasteiger partial charge in [-0.25, -0.2) is 0 Å². The average Bonchev–Trinajstić information content (AvgIpc) is 3.05. The summed E-state index contributed by atoms with van der Waals surface area (Å²) in [5.41, 5.74) is 0. The third-order valence-electron chi connectivity index (χ3n) is 4.87. The van der Waals surface area contributed by atoms with Gasteiger partial charge in [-0.3, -0.25) is 28.9 Å². The van der Waals surface area contributed by atoms with E-state index in [0.29, 0.717) is 38.9 Å². The van der Waals surface area contributed by atoms with Crippen LogP contribution in [0.4, 0.5) is 0 Å². The molecule has 31 heavy (non-hydrogen) atoms. The highest BCUT2D eigenvalue weighted by Gasteiger charge is 2.22. The maximum absolute atomic E-state index is 11.8. The molecule has 0 atom stereocenters. The fourth-order valence-electron chi connectivity index (χ4n) is 3.14. The lowest BCUT2D eigenvalue weighted by Gasteiger charge is -2.13. The molecule has 1 aliphatic heterocycles. The summed E-state index contributed by atoms with van der Waals surface area (Å²) in [6.45, 7) is 3.99. The van der Waals surface area contributed by atoms with Gasteiger partial charge in [0.2, 0.25) is 17.7 Å². The Morgan fingerprint density at radius 3 is 1.61 bits per heavy atom. The summed E-state index contributed by atoms with van der Waals surface area (Å²) in [6, 6.07) is 0. The predicted octanol–water partition coefficient (Wildman–Crippen LogP) is 1.18. The van der Waals surface area contributed by atoms with Crippen LogP contribution in [0.1, 0.15) is 71.1 Å². The van der Waals surface area contributed by atoms with E-state index in [1.54, 1.807) is 0 Å². The third-order valence-corrected chi connectivity index (χ3v) is 4.87. The molecular formula is C22H36N4O5. The van der Waals surface area contributed by atoms with E-state index < -0.39 is 0 Å². The van der Waals surface area contributed by atoms with Crippen LogP contribution in [0.25, 0.3) is 0 Å². The number of rotatable bonds is 17. The summed E-state index contributed by atoms with van der Waals surface area (Å²) in [5, 5.41) is 8.47. The number of carbonyl (C=O) groups excluding carboxylic acids is 5. The fraction of sp³-hybridized carbons (Fsp3) is 0.682. The minimum Gasteiger partial charge on any atom is -0.356 e. The van der Waals surface area contributed by atoms with Crippen LogP contribution in [-0.2, 0) is 24.0 Å². The van der Waals surface area contributed by atoms with Crippen LogP contribution in [0.5, 0.6) is 0 Å². The van der Waals surface area contributed by atoms with Gasteiger partial charge in [0.25, 0.3) is 11.8 Å². The maximum Gasteiger partial charge on any atom is 0.253 e. The highest BCUT2D eigenvalue weighted by Crippen LogP contribution is 2.05. The third kappa shape index (κ3) is 12.6. The molecule has 0 spiro atoms. The Hall–Kier alpha value is -2.71. The van der Waals surface area contributed by atoms with Crippen LogP contribution in [0, 0.1) is 0 Å². The van der Waals surface area contributed by atoms with Gasteiger partial charge in [0.1, 0.15) is 0 Å². The smallest absolute Gasteiger partial charge is 0.253 e. The lowest BCUT2D eigenvalue weighted by molar-refractivity contribution is -0.137. The molecule has 0 bridgehead atoms. The molecule has 0 radical (unpaired) electrons. The highest BCUT2D eigenvalue weighted by atomic mass is 16.2. The van der Waals surface area contributed by atoms with E-state index in [1.807, 2.05) is 6.92 Å². The number of imide groups is 1. The normalized spacial score (nSPS) is 12.9. The second kappa shape index (κ2) is 16.0. The summed E-state index contributed by atoms with van der Waals surface area (Å²) in [4.78, 5) is 58.8. The number of unbranched alkanes of at least 4 members (excludes halogenated alkanes) is 4. The van der Waals surface area contributed by atoms with Crippen LogP contribution in [-0.4, -0.2) is 60.6 Å². The molecule has 9 heteroatoms. The van der Waals surface area contributed by atoms with Crippen LogP contribution in [0.2, 0.25) is 0 Å². The van der Waals surface area contributed by atoms with Crippen molar-refractivity contribution in [3.8, 4) is 0 Å². The Kier molecular flexibility index (Phi) is 13.6. The van der Waals surface area contributed by atoms with E-state index >= 15 is 0 Å².